The summed E-state index contributed by atoms with van der Waals surface area (Å²) in [5, 5.41) is 4.96. The third-order valence-electron chi connectivity index (χ3n) is 2.79. The lowest BCUT2D eigenvalue weighted by Gasteiger charge is -2.09. The van der Waals surface area contributed by atoms with Crippen molar-refractivity contribution in [1.82, 2.24) is 9.97 Å². The summed E-state index contributed by atoms with van der Waals surface area (Å²) in [5.41, 5.74) is 0.868. The van der Waals surface area contributed by atoms with Crippen molar-refractivity contribution in [1.29, 1.82) is 0 Å². The van der Waals surface area contributed by atoms with Gasteiger partial charge in [-0.05, 0) is 12.5 Å². The molecule has 2 aromatic rings. The number of aromatic nitrogens is 2. The van der Waals surface area contributed by atoms with Crippen LogP contribution in [-0.4, -0.2) is 42.7 Å². The van der Waals surface area contributed by atoms with Gasteiger partial charge in [0.2, 0.25) is 5.95 Å². The van der Waals surface area contributed by atoms with Gasteiger partial charge < -0.3 is 5.32 Å². The quantitative estimate of drug-likeness (QED) is 0.623. The van der Waals surface area contributed by atoms with E-state index in [-0.39, 0.29) is 5.75 Å². The summed E-state index contributed by atoms with van der Waals surface area (Å²) in [7, 11) is -2.95. The molecule has 0 spiro atoms. The van der Waals surface area contributed by atoms with Crippen molar-refractivity contribution in [2.45, 2.75) is 18.4 Å². The molecule has 0 atom stereocenters. The molecule has 0 unspecified atom stereocenters. The number of anilines is 1. The summed E-state index contributed by atoms with van der Waals surface area (Å²) in [5.74, 6) is 1.23. The zero-order valence-corrected chi connectivity index (χ0v) is 13.8. The van der Waals surface area contributed by atoms with Crippen LogP contribution < -0.4 is 5.32 Å². The van der Waals surface area contributed by atoms with E-state index < -0.39 is 9.84 Å². The van der Waals surface area contributed by atoms with E-state index in [2.05, 4.69) is 22.2 Å². The van der Waals surface area contributed by atoms with E-state index in [1.807, 2.05) is 24.3 Å². The minimum atomic E-state index is -2.95. The minimum absolute atomic E-state index is 0.147. The molecule has 0 bridgehead atoms. The van der Waals surface area contributed by atoms with E-state index in [0.717, 1.165) is 28.9 Å². The summed E-state index contributed by atoms with van der Waals surface area (Å²) < 4.78 is 22.5. The van der Waals surface area contributed by atoms with Gasteiger partial charge in [-0.2, -0.15) is 0 Å². The van der Waals surface area contributed by atoms with Crippen molar-refractivity contribution >= 4 is 38.5 Å². The van der Waals surface area contributed by atoms with Crippen LogP contribution in [0.4, 0.5) is 5.95 Å². The Balaban J connectivity index is 2.26. The van der Waals surface area contributed by atoms with Crippen LogP contribution in [0.3, 0.4) is 0 Å². The smallest absolute Gasteiger partial charge is 0.224 e. The standard InChI is InChI=1S/C14H19N3O2S2/c1-3-8-15-14-16-12-7-5-4-6-11(12)13(17-14)20-9-10-21(2,18)19/h4-7H,3,8-10H2,1-2H3,(H,15,16,17). The van der Waals surface area contributed by atoms with Gasteiger partial charge in [-0.25, -0.2) is 18.4 Å². The topological polar surface area (TPSA) is 72.0 Å². The fraction of sp³-hybridized carbons (Fsp3) is 0.429. The number of nitrogens with zero attached hydrogens (tertiary/aromatic N) is 2. The molecule has 0 saturated carbocycles. The molecule has 5 nitrogen and oxygen atoms in total. The van der Waals surface area contributed by atoms with Gasteiger partial charge in [-0.1, -0.05) is 25.1 Å². The van der Waals surface area contributed by atoms with E-state index in [1.54, 1.807) is 0 Å². The molecule has 0 aliphatic rings. The SMILES string of the molecule is CCCNc1nc(SCCS(C)(=O)=O)c2ccccc2n1. The van der Waals surface area contributed by atoms with Gasteiger partial charge in [0.15, 0.2) is 0 Å². The Hall–Kier alpha value is -1.34. The maximum Gasteiger partial charge on any atom is 0.224 e. The second-order valence-electron chi connectivity index (χ2n) is 4.77. The summed E-state index contributed by atoms with van der Waals surface area (Å²) in [4.78, 5) is 8.98. The average Bonchev–Trinajstić information content (AvgIpc) is 2.43. The molecule has 1 aromatic carbocycles. The normalized spacial score (nSPS) is 11.7. The highest BCUT2D eigenvalue weighted by Gasteiger charge is 2.09. The first-order valence-corrected chi connectivity index (χ1v) is 9.85. The molecule has 0 radical (unpaired) electrons. The van der Waals surface area contributed by atoms with Crippen molar-refractivity contribution in [3.05, 3.63) is 24.3 Å². The molecule has 0 aliphatic heterocycles. The summed E-state index contributed by atoms with van der Waals surface area (Å²) >= 11 is 1.45. The van der Waals surface area contributed by atoms with E-state index in [4.69, 9.17) is 0 Å². The second-order valence-corrected chi connectivity index (χ2v) is 8.12. The summed E-state index contributed by atoms with van der Waals surface area (Å²) in [6.45, 7) is 2.89. The van der Waals surface area contributed by atoms with Crippen molar-refractivity contribution in [2.24, 2.45) is 0 Å². The highest BCUT2D eigenvalue weighted by molar-refractivity contribution is 8.00. The van der Waals surface area contributed by atoms with Gasteiger partial charge in [0.25, 0.3) is 0 Å². The number of thioether (sulfide) groups is 1. The first kappa shape index (κ1) is 16.0. The van der Waals surface area contributed by atoms with E-state index in [0.29, 0.717) is 11.7 Å². The monoisotopic (exact) mass is 325 g/mol. The Morgan fingerprint density at radius 2 is 2.00 bits per heavy atom. The van der Waals surface area contributed by atoms with Gasteiger partial charge in [0, 0.05) is 23.9 Å². The van der Waals surface area contributed by atoms with E-state index in [1.165, 1.54) is 18.0 Å². The molecule has 1 N–H and O–H groups in total. The number of benzene rings is 1. The molecule has 2 rings (SSSR count). The minimum Gasteiger partial charge on any atom is -0.354 e. The molecule has 1 aromatic heterocycles. The number of para-hydroxylation sites is 1. The number of hydrogen-bond acceptors (Lipinski definition) is 6. The van der Waals surface area contributed by atoms with Gasteiger partial charge >= 0.3 is 0 Å². The third-order valence-corrected chi connectivity index (χ3v) is 4.99. The summed E-state index contributed by atoms with van der Waals surface area (Å²) in [6, 6.07) is 7.77. The average molecular weight is 325 g/mol. The number of rotatable bonds is 7. The largest absolute Gasteiger partial charge is 0.354 e. The molecule has 21 heavy (non-hydrogen) atoms. The molecule has 0 saturated heterocycles. The van der Waals surface area contributed by atoms with Crippen LogP contribution in [0.25, 0.3) is 10.9 Å². The molecule has 0 amide bonds. The molecular formula is C14H19N3O2S2. The Morgan fingerprint density at radius 3 is 2.71 bits per heavy atom. The number of hydrogen-bond donors (Lipinski definition) is 1. The summed E-state index contributed by atoms with van der Waals surface area (Å²) in [6.07, 6.45) is 2.24. The number of nitrogens with one attached hydrogen (secondary N) is 1. The molecular weight excluding hydrogens is 306 g/mol. The lowest BCUT2D eigenvalue weighted by molar-refractivity contribution is 0.603. The van der Waals surface area contributed by atoms with Gasteiger partial charge in [-0.3, -0.25) is 0 Å². The van der Waals surface area contributed by atoms with Crippen molar-refractivity contribution in [3.8, 4) is 0 Å². The molecule has 7 heteroatoms. The zero-order chi connectivity index (χ0) is 15.3. The van der Waals surface area contributed by atoms with E-state index >= 15 is 0 Å². The van der Waals surface area contributed by atoms with Crippen molar-refractivity contribution in [3.63, 3.8) is 0 Å². The van der Waals surface area contributed by atoms with Crippen LogP contribution >= 0.6 is 11.8 Å². The number of sulfone groups is 1. The van der Waals surface area contributed by atoms with Gasteiger partial charge in [-0.15, -0.1) is 11.8 Å². The highest BCUT2D eigenvalue weighted by Crippen LogP contribution is 2.26. The Bertz CT molecular complexity index is 717. The lowest BCUT2D eigenvalue weighted by Crippen LogP contribution is -2.07. The fourth-order valence-electron chi connectivity index (χ4n) is 1.76. The van der Waals surface area contributed by atoms with Gasteiger partial charge in [0.1, 0.15) is 14.9 Å². The van der Waals surface area contributed by atoms with Crippen molar-refractivity contribution in [2.75, 3.05) is 29.6 Å². The van der Waals surface area contributed by atoms with Crippen LogP contribution in [-0.2, 0) is 9.84 Å². The zero-order valence-electron chi connectivity index (χ0n) is 12.2. The van der Waals surface area contributed by atoms with E-state index in [9.17, 15) is 8.42 Å². The van der Waals surface area contributed by atoms with Crippen LogP contribution in [0.2, 0.25) is 0 Å². The van der Waals surface area contributed by atoms with Crippen LogP contribution in [0.15, 0.2) is 29.3 Å². The van der Waals surface area contributed by atoms with Crippen LogP contribution in [0, 0.1) is 0 Å². The first-order valence-electron chi connectivity index (χ1n) is 6.81. The predicted molar refractivity (Wildman–Crippen MR) is 88.8 cm³/mol. The first-order chi connectivity index (χ1) is 9.99. The third kappa shape index (κ3) is 4.86. The van der Waals surface area contributed by atoms with Crippen molar-refractivity contribution < 1.29 is 8.42 Å². The number of fused-ring (bicyclic) bond motifs is 1. The predicted octanol–water partition coefficient (Wildman–Crippen LogP) is 2.59. The molecule has 114 valence electrons. The highest BCUT2D eigenvalue weighted by atomic mass is 32.2. The second kappa shape index (κ2) is 7.09. The van der Waals surface area contributed by atoms with Crippen LogP contribution in [0.5, 0.6) is 0 Å². The fourth-order valence-corrected chi connectivity index (χ4v) is 3.98. The molecule has 0 fully saturated rings. The molecule has 1 heterocycles. The lowest BCUT2D eigenvalue weighted by atomic mass is 10.2. The molecule has 0 aliphatic carbocycles. The maximum absolute atomic E-state index is 11.2. The Morgan fingerprint density at radius 1 is 1.24 bits per heavy atom. The van der Waals surface area contributed by atoms with Gasteiger partial charge in [0.05, 0.1) is 11.3 Å². The van der Waals surface area contributed by atoms with Crippen LogP contribution in [0.1, 0.15) is 13.3 Å². The Kier molecular flexibility index (Phi) is 5.41. The maximum atomic E-state index is 11.2. The Labute approximate surface area is 129 Å².